The van der Waals surface area contributed by atoms with E-state index in [1.807, 2.05) is 0 Å². The Morgan fingerprint density at radius 1 is 0.593 bits per heavy atom. The van der Waals surface area contributed by atoms with E-state index < -0.39 is 0 Å². The van der Waals surface area contributed by atoms with Gasteiger partial charge in [0.2, 0.25) is 0 Å². The summed E-state index contributed by atoms with van der Waals surface area (Å²) in [5.74, 6) is 0.471. The van der Waals surface area contributed by atoms with Crippen molar-refractivity contribution in [1.29, 1.82) is 0 Å². The molecule has 0 aliphatic carbocycles. The van der Waals surface area contributed by atoms with Crippen LogP contribution < -0.4 is 0 Å². The van der Waals surface area contributed by atoms with Crippen molar-refractivity contribution in [2.75, 3.05) is 13.2 Å². The summed E-state index contributed by atoms with van der Waals surface area (Å²) in [6.07, 6.45) is 13.1. The molecule has 0 N–H and O–H groups in total. The van der Waals surface area contributed by atoms with Crippen LogP contribution in [0.2, 0.25) is 0 Å². The van der Waals surface area contributed by atoms with Crippen LogP contribution in [-0.2, 0) is 4.74 Å². The Morgan fingerprint density at radius 3 is 1.63 bits per heavy atom. The molecule has 2 aromatic carbocycles. The van der Waals surface area contributed by atoms with Crippen LogP contribution in [0.1, 0.15) is 88.2 Å². The van der Waals surface area contributed by atoms with Crippen LogP contribution >= 0.6 is 0 Å². The van der Waals surface area contributed by atoms with Gasteiger partial charge in [-0.3, -0.25) is 0 Å². The minimum atomic E-state index is 0.471. The van der Waals surface area contributed by atoms with Crippen LogP contribution in [0.15, 0.2) is 60.7 Å². The lowest BCUT2D eigenvalue weighted by molar-refractivity contribution is 0.125. The normalized spacial score (nSPS) is 11.2. The summed E-state index contributed by atoms with van der Waals surface area (Å²) < 4.78 is 5.90. The zero-order valence-electron chi connectivity index (χ0n) is 17.2. The number of hydrogen-bond donors (Lipinski definition) is 0. The monoisotopic (exact) mass is 366 g/mol. The Kier molecular flexibility index (Phi) is 11.6. The molecular weight excluding hydrogens is 328 g/mol. The molecule has 0 aliphatic heterocycles. The Bertz CT molecular complexity index is 524. The average Bonchev–Trinajstić information content (AvgIpc) is 2.73. The molecule has 0 radical (unpaired) electrons. The van der Waals surface area contributed by atoms with Crippen LogP contribution in [-0.4, -0.2) is 13.2 Å². The fraction of sp³-hybridized carbons (Fsp3) is 0.538. The van der Waals surface area contributed by atoms with E-state index >= 15 is 0 Å². The van der Waals surface area contributed by atoms with Crippen LogP contribution in [0.4, 0.5) is 0 Å². The second-order valence-electron chi connectivity index (χ2n) is 7.60. The minimum absolute atomic E-state index is 0.471. The first-order valence-corrected chi connectivity index (χ1v) is 11.1. The van der Waals surface area contributed by atoms with Gasteiger partial charge < -0.3 is 4.74 Å². The number of unbranched alkanes of at least 4 members (excludes halogenated alkanes) is 7. The molecule has 2 rings (SSSR count). The van der Waals surface area contributed by atoms with Gasteiger partial charge in [0.15, 0.2) is 0 Å². The molecule has 0 saturated carbocycles. The second-order valence-corrected chi connectivity index (χ2v) is 7.60. The lowest BCUT2D eigenvalue weighted by atomic mass is 9.88. The molecule has 0 amide bonds. The molecule has 1 nitrogen and oxygen atoms in total. The molecule has 0 bridgehead atoms. The maximum atomic E-state index is 5.90. The van der Waals surface area contributed by atoms with Crippen molar-refractivity contribution < 1.29 is 4.74 Å². The third-order valence-corrected chi connectivity index (χ3v) is 5.33. The molecule has 1 heteroatoms. The topological polar surface area (TPSA) is 9.23 Å². The highest BCUT2D eigenvalue weighted by Gasteiger charge is 2.13. The Hall–Kier alpha value is -1.60. The molecule has 27 heavy (non-hydrogen) atoms. The van der Waals surface area contributed by atoms with Gasteiger partial charge in [-0.15, -0.1) is 0 Å². The van der Waals surface area contributed by atoms with Crippen molar-refractivity contribution in [2.24, 2.45) is 0 Å². The minimum Gasteiger partial charge on any atom is -0.381 e. The molecule has 0 spiro atoms. The number of hydrogen-bond acceptors (Lipinski definition) is 1. The van der Waals surface area contributed by atoms with Gasteiger partial charge in [-0.2, -0.15) is 0 Å². The molecule has 0 aliphatic rings. The van der Waals surface area contributed by atoms with E-state index in [1.54, 1.807) is 0 Å². The first-order chi connectivity index (χ1) is 13.4. The van der Waals surface area contributed by atoms with E-state index in [9.17, 15) is 0 Å². The van der Waals surface area contributed by atoms with Crippen molar-refractivity contribution >= 4 is 0 Å². The number of benzene rings is 2. The number of ether oxygens (including phenoxy) is 1. The predicted molar refractivity (Wildman–Crippen MR) is 117 cm³/mol. The van der Waals surface area contributed by atoms with Gasteiger partial charge in [0.1, 0.15) is 0 Å². The van der Waals surface area contributed by atoms with Crippen molar-refractivity contribution in [1.82, 2.24) is 0 Å². The average molecular weight is 367 g/mol. The van der Waals surface area contributed by atoms with Gasteiger partial charge in [-0.25, -0.2) is 0 Å². The van der Waals surface area contributed by atoms with Crippen molar-refractivity contribution in [3.05, 3.63) is 71.8 Å². The lowest BCUT2D eigenvalue weighted by Gasteiger charge is -2.18. The fourth-order valence-corrected chi connectivity index (χ4v) is 3.73. The third kappa shape index (κ3) is 9.24. The summed E-state index contributed by atoms with van der Waals surface area (Å²) in [6, 6.07) is 21.8. The number of rotatable bonds is 15. The molecule has 0 aromatic heterocycles. The second kappa shape index (κ2) is 14.5. The summed E-state index contributed by atoms with van der Waals surface area (Å²) in [4.78, 5) is 0. The first kappa shape index (κ1) is 21.7. The van der Waals surface area contributed by atoms with E-state index in [2.05, 4.69) is 67.6 Å². The highest BCUT2D eigenvalue weighted by atomic mass is 16.5. The Labute approximate surface area is 167 Å². The molecule has 0 saturated heterocycles. The van der Waals surface area contributed by atoms with Gasteiger partial charge in [0, 0.05) is 19.1 Å². The molecule has 148 valence electrons. The molecule has 0 fully saturated rings. The van der Waals surface area contributed by atoms with Crippen molar-refractivity contribution in [2.45, 2.75) is 77.0 Å². The van der Waals surface area contributed by atoms with Crippen LogP contribution in [0.25, 0.3) is 0 Å². The van der Waals surface area contributed by atoms with E-state index in [0.717, 1.165) is 26.1 Å². The third-order valence-electron chi connectivity index (χ3n) is 5.33. The first-order valence-electron chi connectivity index (χ1n) is 11.1. The lowest BCUT2D eigenvalue weighted by Crippen LogP contribution is -2.04. The van der Waals surface area contributed by atoms with Gasteiger partial charge in [-0.1, -0.05) is 113 Å². The smallest absolute Gasteiger partial charge is 0.0466 e. The van der Waals surface area contributed by atoms with Gasteiger partial charge in [0.25, 0.3) is 0 Å². The van der Waals surface area contributed by atoms with Crippen LogP contribution in [0.5, 0.6) is 0 Å². The molecule has 0 unspecified atom stereocenters. The zero-order chi connectivity index (χ0) is 19.0. The fourth-order valence-electron chi connectivity index (χ4n) is 3.73. The van der Waals surface area contributed by atoms with Crippen LogP contribution in [0, 0.1) is 0 Å². The van der Waals surface area contributed by atoms with E-state index in [4.69, 9.17) is 4.74 Å². The van der Waals surface area contributed by atoms with Gasteiger partial charge in [0.05, 0.1) is 0 Å². The summed E-state index contributed by atoms with van der Waals surface area (Å²) >= 11 is 0. The van der Waals surface area contributed by atoms with Crippen LogP contribution in [0.3, 0.4) is 0 Å². The zero-order valence-corrected chi connectivity index (χ0v) is 17.2. The van der Waals surface area contributed by atoms with Gasteiger partial charge >= 0.3 is 0 Å². The molecule has 0 heterocycles. The van der Waals surface area contributed by atoms with E-state index in [1.165, 1.54) is 62.5 Å². The summed E-state index contributed by atoms with van der Waals surface area (Å²) in [7, 11) is 0. The van der Waals surface area contributed by atoms with E-state index in [-0.39, 0.29) is 0 Å². The predicted octanol–water partition coefficient (Wildman–Crippen LogP) is 7.76. The van der Waals surface area contributed by atoms with Crippen molar-refractivity contribution in [3.63, 3.8) is 0 Å². The molecular formula is C26H38O. The van der Waals surface area contributed by atoms with E-state index in [0.29, 0.717) is 5.92 Å². The Morgan fingerprint density at radius 2 is 1.07 bits per heavy atom. The largest absolute Gasteiger partial charge is 0.381 e. The highest BCUT2D eigenvalue weighted by Crippen LogP contribution is 2.28. The maximum Gasteiger partial charge on any atom is 0.0466 e. The highest BCUT2D eigenvalue weighted by molar-refractivity contribution is 5.32. The summed E-state index contributed by atoms with van der Waals surface area (Å²) in [5.41, 5.74) is 2.82. The Balaban J connectivity index is 1.60. The van der Waals surface area contributed by atoms with Crippen molar-refractivity contribution in [3.8, 4) is 0 Å². The summed E-state index contributed by atoms with van der Waals surface area (Å²) in [6.45, 7) is 4.09. The maximum absolute atomic E-state index is 5.90. The SMILES string of the molecule is CCCCCCCCCCOCCCC(c1ccccc1)c1ccccc1. The quantitative estimate of drug-likeness (QED) is 0.293. The standard InChI is InChI=1S/C26H38O/c1-2-3-4-5-6-7-8-15-22-27-23-16-21-26(24-17-11-9-12-18-24)25-19-13-10-14-20-25/h9-14,17-20,26H,2-8,15-16,21-23H2,1H3. The molecule has 2 aromatic rings. The van der Waals surface area contributed by atoms with Gasteiger partial charge in [-0.05, 0) is 30.4 Å². The molecule has 0 atom stereocenters. The summed E-state index contributed by atoms with van der Waals surface area (Å²) in [5, 5.41) is 0.